The minimum absolute atomic E-state index is 0. The van der Waals surface area contributed by atoms with Crippen molar-refractivity contribution < 1.29 is 13.0 Å². The van der Waals surface area contributed by atoms with Crippen LogP contribution in [0.1, 0.15) is 0 Å². The predicted octanol–water partition coefficient (Wildman–Crippen LogP) is -1.93. The van der Waals surface area contributed by atoms with E-state index in [4.69, 9.17) is 10.3 Å². The molecule has 0 saturated heterocycles. The normalized spacial score (nSPS) is 9.11. The Bertz CT molecular complexity index is 133. The second-order valence-corrected chi connectivity index (χ2v) is 2.65. The molecule has 0 bridgehead atoms. The second kappa shape index (κ2) is 7.97. The van der Waals surface area contributed by atoms with E-state index >= 15 is 0 Å². The van der Waals surface area contributed by atoms with Crippen LogP contribution in [-0.2, 0) is 10.1 Å². The summed E-state index contributed by atoms with van der Waals surface area (Å²) < 4.78 is 27.3. The molecule has 0 aromatic rings. The molecule has 46 valence electrons. The summed E-state index contributed by atoms with van der Waals surface area (Å²) in [6.07, 6.45) is 0. The average Bonchev–Trinajstić information content (AvgIpc) is 1.30. The first-order valence-electron chi connectivity index (χ1n) is 1.71. The number of nitrogens with two attached hydrogens (primary N) is 1. The first-order chi connectivity index (χ1) is 3.06. The van der Waals surface area contributed by atoms with E-state index in [0.717, 1.165) is 0 Å². The molecule has 0 aromatic carbocycles. The average molecular weight is 171 g/mol. The van der Waals surface area contributed by atoms with Gasteiger partial charge in [0.05, 0.1) is 5.75 Å². The zero-order valence-electron chi connectivity index (χ0n) is 5.66. The molecule has 0 spiro atoms. The van der Waals surface area contributed by atoms with Gasteiger partial charge in [-0.3, -0.25) is 4.55 Å². The van der Waals surface area contributed by atoms with E-state index in [9.17, 15) is 8.42 Å². The third-order valence-corrected chi connectivity index (χ3v) is 1.13. The Morgan fingerprint density at radius 2 is 1.67 bits per heavy atom. The van der Waals surface area contributed by atoms with Crippen LogP contribution in [0, 0.1) is 0 Å². The summed E-state index contributed by atoms with van der Waals surface area (Å²) in [7, 11) is -3.80. The molecule has 7 heteroatoms. The number of rotatable bonds is 2. The Kier molecular flexibility index (Phi) is 15.1. The predicted molar refractivity (Wildman–Crippen MR) is 37.0 cm³/mol. The molecule has 0 amide bonds. The quantitative estimate of drug-likeness (QED) is 0.374. The van der Waals surface area contributed by atoms with Crippen LogP contribution in [0.3, 0.4) is 0 Å². The van der Waals surface area contributed by atoms with Gasteiger partial charge in [0.1, 0.15) is 0 Å². The number of hydrogen-bond acceptors (Lipinski definition) is 3. The molecule has 0 saturated carbocycles. The SMILES string of the molecule is NCCS(=O)(=O)O.[Na].[Na]. The smallest absolute Gasteiger partial charge is 0.266 e. The maximum absolute atomic E-state index is 9.71. The summed E-state index contributed by atoms with van der Waals surface area (Å²) in [6.45, 7) is -0.0289. The third-order valence-electron chi connectivity index (χ3n) is 0.376. The molecule has 9 heavy (non-hydrogen) atoms. The van der Waals surface area contributed by atoms with E-state index in [2.05, 4.69) is 0 Å². The maximum Gasteiger partial charge on any atom is 0.266 e. The molecular weight excluding hydrogens is 164 g/mol. The van der Waals surface area contributed by atoms with Crippen molar-refractivity contribution in [3.05, 3.63) is 0 Å². The summed E-state index contributed by atoms with van der Waals surface area (Å²) >= 11 is 0. The minimum Gasteiger partial charge on any atom is -0.329 e. The first-order valence-corrected chi connectivity index (χ1v) is 3.32. The standard InChI is InChI=1S/C2H7NO3S.2Na/c3-1-2-7(4,5)6;;/h1-3H2,(H,4,5,6);;. The van der Waals surface area contributed by atoms with Crippen LogP contribution in [0.2, 0.25) is 0 Å². The van der Waals surface area contributed by atoms with Gasteiger partial charge in [0, 0.05) is 65.7 Å². The fourth-order valence-electron chi connectivity index (χ4n) is 0.149. The van der Waals surface area contributed by atoms with Crippen LogP contribution in [0.5, 0.6) is 0 Å². The zero-order valence-corrected chi connectivity index (χ0v) is 10.5. The van der Waals surface area contributed by atoms with Gasteiger partial charge in [-0.25, -0.2) is 0 Å². The maximum atomic E-state index is 9.71. The molecule has 4 nitrogen and oxygen atoms in total. The van der Waals surface area contributed by atoms with Gasteiger partial charge >= 0.3 is 0 Å². The van der Waals surface area contributed by atoms with E-state index in [0.29, 0.717) is 0 Å². The first kappa shape index (κ1) is 17.1. The summed E-state index contributed by atoms with van der Waals surface area (Å²) in [4.78, 5) is 0. The largest absolute Gasteiger partial charge is 0.329 e. The fraction of sp³-hybridized carbons (Fsp3) is 1.00. The Hall–Kier alpha value is 1.87. The topological polar surface area (TPSA) is 80.4 Å². The molecule has 0 aliphatic carbocycles. The van der Waals surface area contributed by atoms with Crippen molar-refractivity contribution >= 4 is 69.2 Å². The number of hydrogen-bond donors (Lipinski definition) is 2. The molecule has 2 radical (unpaired) electrons. The molecule has 0 atom stereocenters. The van der Waals surface area contributed by atoms with E-state index in [1.807, 2.05) is 0 Å². The fourth-order valence-corrected chi connectivity index (χ4v) is 0.447. The zero-order chi connectivity index (χ0) is 5.91. The molecule has 0 rings (SSSR count). The van der Waals surface area contributed by atoms with E-state index in [-0.39, 0.29) is 71.4 Å². The van der Waals surface area contributed by atoms with E-state index in [1.165, 1.54) is 0 Å². The Balaban J connectivity index is -0.000000180. The van der Waals surface area contributed by atoms with Crippen LogP contribution in [0.4, 0.5) is 0 Å². The second-order valence-electron chi connectivity index (χ2n) is 1.07. The van der Waals surface area contributed by atoms with Crippen LogP contribution >= 0.6 is 0 Å². The van der Waals surface area contributed by atoms with Crippen LogP contribution < -0.4 is 5.73 Å². The van der Waals surface area contributed by atoms with Gasteiger partial charge in [0.2, 0.25) is 0 Å². The van der Waals surface area contributed by atoms with Gasteiger partial charge < -0.3 is 5.73 Å². The van der Waals surface area contributed by atoms with Gasteiger partial charge in [0.15, 0.2) is 0 Å². The molecule has 0 fully saturated rings. The van der Waals surface area contributed by atoms with Gasteiger partial charge in [-0.05, 0) is 0 Å². The Morgan fingerprint density at radius 1 is 1.33 bits per heavy atom. The van der Waals surface area contributed by atoms with Crippen molar-refractivity contribution in [3.8, 4) is 0 Å². The molecular formula is C2H7NNa2O3S. The van der Waals surface area contributed by atoms with Gasteiger partial charge in [-0.1, -0.05) is 0 Å². The minimum atomic E-state index is -3.80. The molecule has 0 unspecified atom stereocenters. The van der Waals surface area contributed by atoms with Gasteiger partial charge in [-0.2, -0.15) is 8.42 Å². The van der Waals surface area contributed by atoms with E-state index in [1.54, 1.807) is 0 Å². The molecule has 0 aromatic heterocycles. The summed E-state index contributed by atoms with van der Waals surface area (Å²) in [5, 5.41) is 0. The van der Waals surface area contributed by atoms with Crippen molar-refractivity contribution in [3.63, 3.8) is 0 Å². The van der Waals surface area contributed by atoms with Gasteiger partial charge in [-0.15, -0.1) is 0 Å². The van der Waals surface area contributed by atoms with Crippen molar-refractivity contribution in [2.45, 2.75) is 0 Å². The van der Waals surface area contributed by atoms with Crippen molar-refractivity contribution in [1.82, 2.24) is 0 Å². The monoisotopic (exact) mass is 171 g/mol. The van der Waals surface area contributed by atoms with Crippen molar-refractivity contribution in [2.75, 3.05) is 12.3 Å². The molecule has 0 heterocycles. The van der Waals surface area contributed by atoms with Crippen LogP contribution in [-0.4, -0.2) is 84.4 Å². The summed E-state index contributed by atoms with van der Waals surface area (Å²) in [6, 6.07) is 0. The molecule has 0 aliphatic rings. The Morgan fingerprint density at radius 3 is 1.67 bits per heavy atom. The Labute approximate surface area is 98.9 Å². The van der Waals surface area contributed by atoms with E-state index < -0.39 is 10.1 Å². The molecule has 0 aliphatic heterocycles. The summed E-state index contributed by atoms with van der Waals surface area (Å²) in [5.74, 6) is -0.354. The van der Waals surface area contributed by atoms with Crippen LogP contribution in [0.15, 0.2) is 0 Å². The van der Waals surface area contributed by atoms with Crippen molar-refractivity contribution in [2.24, 2.45) is 5.73 Å². The molecule has 3 N–H and O–H groups in total. The van der Waals surface area contributed by atoms with Crippen LogP contribution in [0.25, 0.3) is 0 Å². The van der Waals surface area contributed by atoms with Gasteiger partial charge in [0.25, 0.3) is 10.1 Å². The third kappa shape index (κ3) is 17.7. The van der Waals surface area contributed by atoms with Crippen molar-refractivity contribution in [1.29, 1.82) is 0 Å². The summed E-state index contributed by atoms with van der Waals surface area (Å²) in [5.41, 5.74) is 4.78.